The summed E-state index contributed by atoms with van der Waals surface area (Å²) in [5.41, 5.74) is 1.12. The van der Waals surface area contributed by atoms with E-state index in [-0.39, 0.29) is 17.0 Å². The molecule has 1 aliphatic carbocycles. The zero-order valence-electron chi connectivity index (χ0n) is 14.7. The number of phenolic OH excluding ortho intramolecular Hbond substituents is 1. The zero-order chi connectivity index (χ0) is 16.7. The average molecular weight is 317 g/mol. The molecule has 1 saturated heterocycles. The third-order valence-electron chi connectivity index (χ3n) is 5.51. The molecule has 0 spiro atoms. The van der Waals surface area contributed by atoms with Gasteiger partial charge in [0.25, 0.3) is 0 Å². The van der Waals surface area contributed by atoms with Gasteiger partial charge in [0, 0.05) is 17.2 Å². The van der Waals surface area contributed by atoms with Gasteiger partial charge in [-0.25, -0.2) is 0 Å². The van der Waals surface area contributed by atoms with E-state index in [4.69, 9.17) is 9.31 Å². The normalized spacial score (nSPS) is 23.9. The Hall–Kier alpha value is -1.20. The molecule has 0 atom stereocenters. The van der Waals surface area contributed by atoms with Gasteiger partial charge in [-0.2, -0.15) is 0 Å². The topological polar surface area (TPSA) is 50.7 Å². The molecule has 2 aliphatic rings. The van der Waals surface area contributed by atoms with E-state index in [2.05, 4.69) is 5.32 Å². The lowest BCUT2D eigenvalue weighted by atomic mass is 9.77. The first-order valence-electron chi connectivity index (χ1n) is 8.74. The maximum absolute atomic E-state index is 9.93. The third kappa shape index (κ3) is 3.36. The lowest BCUT2D eigenvalue weighted by Gasteiger charge is -2.32. The predicted molar refractivity (Wildman–Crippen MR) is 94.3 cm³/mol. The summed E-state index contributed by atoms with van der Waals surface area (Å²) in [6.45, 7) is 8.18. The van der Waals surface area contributed by atoms with Crippen LogP contribution in [0.1, 0.15) is 59.8 Å². The highest BCUT2D eigenvalue weighted by atomic mass is 16.7. The van der Waals surface area contributed by atoms with Gasteiger partial charge in [-0.1, -0.05) is 19.3 Å². The second-order valence-corrected chi connectivity index (χ2v) is 7.84. The summed E-state index contributed by atoms with van der Waals surface area (Å²) < 4.78 is 12.3. The fourth-order valence-electron chi connectivity index (χ4n) is 3.31. The van der Waals surface area contributed by atoms with E-state index < -0.39 is 7.12 Å². The Morgan fingerprint density at radius 3 is 2.26 bits per heavy atom. The van der Waals surface area contributed by atoms with Crippen molar-refractivity contribution < 1.29 is 14.4 Å². The van der Waals surface area contributed by atoms with Crippen molar-refractivity contribution in [2.45, 2.75) is 77.0 Å². The molecular formula is C18H28BNO3. The van der Waals surface area contributed by atoms with Crippen LogP contribution in [0.25, 0.3) is 0 Å². The van der Waals surface area contributed by atoms with Crippen molar-refractivity contribution in [3.8, 4) is 5.75 Å². The van der Waals surface area contributed by atoms with Crippen molar-refractivity contribution in [1.82, 2.24) is 0 Å². The maximum atomic E-state index is 9.93. The first-order chi connectivity index (χ1) is 10.8. The molecule has 0 aromatic heterocycles. The molecule has 126 valence electrons. The van der Waals surface area contributed by atoms with Gasteiger partial charge in [-0.05, 0) is 58.7 Å². The number of phenols is 1. The first-order valence-corrected chi connectivity index (χ1v) is 8.74. The van der Waals surface area contributed by atoms with E-state index in [1.807, 2.05) is 33.8 Å². The number of rotatable bonds is 3. The van der Waals surface area contributed by atoms with Crippen molar-refractivity contribution >= 4 is 18.3 Å². The van der Waals surface area contributed by atoms with Gasteiger partial charge >= 0.3 is 7.12 Å². The van der Waals surface area contributed by atoms with Crippen molar-refractivity contribution in [1.29, 1.82) is 0 Å². The Morgan fingerprint density at radius 2 is 1.65 bits per heavy atom. The second kappa shape index (κ2) is 6.02. The van der Waals surface area contributed by atoms with Crippen LogP contribution in [-0.4, -0.2) is 29.5 Å². The summed E-state index contributed by atoms with van der Waals surface area (Å²) >= 11 is 0. The molecule has 1 aromatic rings. The zero-order valence-corrected chi connectivity index (χ0v) is 14.7. The number of hydrogen-bond acceptors (Lipinski definition) is 4. The summed E-state index contributed by atoms with van der Waals surface area (Å²) in [6, 6.07) is 5.91. The van der Waals surface area contributed by atoms with E-state index in [1.165, 1.54) is 32.1 Å². The van der Waals surface area contributed by atoms with Gasteiger partial charge in [0.1, 0.15) is 5.75 Å². The predicted octanol–water partition coefficient (Wildman–Crippen LogP) is 3.44. The lowest BCUT2D eigenvalue weighted by Crippen LogP contribution is -2.41. The van der Waals surface area contributed by atoms with Crippen LogP contribution in [0, 0.1) is 0 Å². The molecule has 1 heterocycles. The first kappa shape index (κ1) is 16.7. The van der Waals surface area contributed by atoms with Gasteiger partial charge in [0.05, 0.1) is 11.2 Å². The SMILES string of the molecule is CC1(C)OB(c2cc(O)ccc2NC2CCCCC2)OC1(C)C. The summed E-state index contributed by atoms with van der Waals surface area (Å²) in [5.74, 6) is 0.240. The number of benzene rings is 1. The lowest BCUT2D eigenvalue weighted by molar-refractivity contribution is 0.00578. The second-order valence-electron chi connectivity index (χ2n) is 7.84. The van der Waals surface area contributed by atoms with Crippen LogP contribution in [0.3, 0.4) is 0 Å². The molecule has 5 heteroatoms. The average Bonchev–Trinajstić information content (AvgIpc) is 2.70. The number of anilines is 1. The van der Waals surface area contributed by atoms with Crippen molar-refractivity contribution in [3.05, 3.63) is 18.2 Å². The van der Waals surface area contributed by atoms with Gasteiger partial charge in [-0.3, -0.25) is 0 Å². The van der Waals surface area contributed by atoms with E-state index in [1.54, 1.807) is 12.1 Å². The van der Waals surface area contributed by atoms with E-state index >= 15 is 0 Å². The maximum Gasteiger partial charge on any atom is 0.497 e. The molecule has 0 unspecified atom stereocenters. The largest absolute Gasteiger partial charge is 0.508 e. The Bertz CT molecular complexity index is 551. The minimum Gasteiger partial charge on any atom is -0.508 e. The van der Waals surface area contributed by atoms with E-state index in [9.17, 15) is 5.11 Å². The van der Waals surface area contributed by atoms with Crippen LogP contribution in [0.4, 0.5) is 5.69 Å². The molecule has 3 rings (SSSR count). The minimum atomic E-state index is -0.460. The number of aromatic hydroxyl groups is 1. The number of hydrogen-bond donors (Lipinski definition) is 2. The van der Waals surface area contributed by atoms with Crippen LogP contribution in [0.2, 0.25) is 0 Å². The summed E-state index contributed by atoms with van der Waals surface area (Å²) in [6.07, 6.45) is 6.29. The summed E-state index contributed by atoms with van der Waals surface area (Å²) in [7, 11) is -0.460. The molecule has 1 aromatic carbocycles. The van der Waals surface area contributed by atoms with Gasteiger partial charge in [-0.15, -0.1) is 0 Å². The van der Waals surface area contributed by atoms with Gasteiger partial charge in [0.15, 0.2) is 0 Å². The van der Waals surface area contributed by atoms with E-state index in [0.29, 0.717) is 6.04 Å². The number of nitrogens with one attached hydrogen (secondary N) is 1. The monoisotopic (exact) mass is 317 g/mol. The van der Waals surface area contributed by atoms with Crippen molar-refractivity contribution in [3.63, 3.8) is 0 Å². The summed E-state index contributed by atoms with van der Waals surface area (Å²) in [5, 5.41) is 13.6. The molecule has 1 saturated carbocycles. The molecule has 1 aliphatic heterocycles. The van der Waals surface area contributed by atoms with Crippen LogP contribution >= 0.6 is 0 Å². The van der Waals surface area contributed by atoms with Crippen molar-refractivity contribution in [2.75, 3.05) is 5.32 Å². The van der Waals surface area contributed by atoms with Crippen molar-refractivity contribution in [2.24, 2.45) is 0 Å². The molecule has 4 nitrogen and oxygen atoms in total. The Morgan fingerprint density at radius 1 is 1.04 bits per heavy atom. The molecule has 0 radical (unpaired) electrons. The Balaban J connectivity index is 1.85. The van der Waals surface area contributed by atoms with Gasteiger partial charge < -0.3 is 19.7 Å². The Labute approximate surface area is 139 Å². The molecule has 23 heavy (non-hydrogen) atoms. The molecular weight excluding hydrogens is 289 g/mol. The molecule has 2 fully saturated rings. The fourth-order valence-corrected chi connectivity index (χ4v) is 3.31. The molecule has 0 amide bonds. The van der Waals surface area contributed by atoms with Crippen LogP contribution < -0.4 is 10.8 Å². The summed E-state index contributed by atoms with van der Waals surface area (Å²) in [4.78, 5) is 0. The van der Waals surface area contributed by atoms with Gasteiger partial charge in [0.2, 0.25) is 0 Å². The van der Waals surface area contributed by atoms with E-state index in [0.717, 1.165) is 11.2 Å². The molecule has 2 N–H and O–H groups in total. The Kier molecular flexibility index (Phi) is 4.36. The minimum absolute atomic E-state index is 0.240. The highest BCUT2D eigenvalue weighted by molar-refractivity contribution is 6.64. The fraction of sp³-hybridized carbons (Fsp3) is 0.667. The smallest absolute Gasteiger partial charge is 0.497 e. The van der Waals surface area contributed by atoms with Crippen LogP contribution in [-0.2, 0) is 9.31 Å². The van der Waals surface area contributed by atoms with Crippen LogP contribution in [0.5, 0.6) is 5.75 Å². The standard InChI is InChI=1S/C18H28BNO3/c1-17(2)18(3,4)23-19(22-17)15-12-14(21)10-11-16(15)20-13-8-6-5-7-9-13/h10-13,20-21H,5-9H2,1-4H3. The third-order valence-corrected chi connectivity index (χ3v) is 5.51. The molecule has 0 bridgehead atoms. The quantitative estimate of drug-likeness (QED) is 0.662. The highest BCUT2D eigenvalue weighted by Crippen LogP contribution is 2.37. The highest BCUT2D eigenvalue weighted by Gasteiger charge is 2.52. The van der Waals surface area contributed by atoms with Crippen LogP contribution in [0.15, 0.2) is 18.2 Å².